The van der Waals surface area contributed by atoms with Crippen LogP contribution in [0.25, 0.3) is 10.2 Å². The Hall–Kier alpha value is -2.20. The molecule has 0 aromatic carbocycles. The fourth-order valence-electron chi connectivity index (χ4n) is 2.49. The van der Waals surface area contributed by atoms with E-state index in [1.807, 2.05) is 20.8 Å². The van der Waals surface area contributed by atoms with Crippen molar-refractivity contribution in [2.45, 2.75) is 44.9 Å². The summed E-state index contributed by atoms with van der Waals surface area (Å²) < 4.78 is 5.11. The van der Waals surface area contributed by atoms with Gasteiger partial charge in [0, 0.05) is 5.39 Å². The van der Waals surface area contributed by atoms with Gasteiger partial charge in [-0.05, 0) is 32.3 Å². The summed E-state index contributed by atoms with van der Waals surface area (Å²) in [7, 11) is 0. The first-order valence-corrected chi connectivity index (χ1v) is 10.1. The van der Waals surface area contributed by atoms with Gasteiger partial charge >= 0.3 is 12.0 Å². The largest absolute Gasteiger partial charge is 0.462 e. The summed E-state index contributed by atoms with van der Waals surface area (Å²) in [5.41, 5.74) is 5.79. The van der Waals surface area contributed by atoms with Crippen LogP contribution in [-0.2, 0) is 9.53 Å². The summed E-state index contributed by atoms with van der Waals surface area (Å²) in [6.45, 7) is 9.32. The average molecular weight is 411 g/mol. The van der Waals surface area contributed by atoms with Gasteiger partial charge in [-0.25, -0.2) is 19.6 Å². The molecule has 0 aliphatic carbocycles. The second-order valence-corrected chi connectivity index (χ2v) is 8.30. The molecular weight excluding hydrogens is 388 g/mol. The number of primary amides is 1. The first-order chi connectivity index (χ1) is 12.6. The molecule has 2 aromatic rings. The van der Waals surface area contributed by atoms with Gasteiger partial charge < -0.3 is 10.5 Å². The Morgan fingerprint density at radius 1 is 1.26 bits per heavy atom. The number of imide groups is 1. The number of nitrogens with zero attached hydrogens (tertiary/aromatic N) is 2. The van der Waals surface area contributed by atoms with Gasteiger partial charge in [0.2, 0.25) is 5.91 Å². The van der Waals surface area contributed by atoms with Crippen LogP contribution in [-0.4, -0.2) is 39.7 Å². The predicted octanol–water partition coefficient (Wildman–Crippen LogP) is 2.80. The molecule has 0 bridgehead atoms. The van der Waals surface area contributed by atoms with Crippen molar-refractivity contribution in [2.75, 3.05) is 6.61 Å². The molecule has 0 spiro atoms. The quantitative estimate of drug-likeness (QED) is 0.426. The standard InChI is InChI=1S/C17H22N4O4S2/c1-6-25-16(23)12-8(4)10-14(19-9(5)20-15(10)27-12)26-11(7(2)3)13(22)21-17(18)24/h7,11H,6H2,1-5H3,(H3,18,21,22,24)/t11-/m0/s1. The smallest absolute Gasteiger partial charge is 0.348 e. The zero-order chi connectivity index (χ0) is 20.3. The van der Waals surface area contributed by atoms with Crippen molar-refractivity contribution >= 4 is 51.2 Å². The fraction of sp³-hybridized carbons (Fsp3) is 0.471. The van der Waals surface area contributed by atoms with Gasteiger partial charge in [0.05, 0.1) is 11.9 Å². The highest BCUT2D eigenvalue weighted by Crippen LogP contribution is 2.38. The molecule has 3 amide bonds. The maximum atomic E-state index is 12.4. The summed E-state index contributed by atoms with van der Waals surface area (Å²) in [6.07, 6.45) is 0. The number of fused-ring (bicyclic) bond motifs is 1. The van der Waals surface area contributed by atoms with Crippen LogP contribution in [0, 0.1) is 19.8 Å². The highest BCUT2D eigenvalue weighted by atomic mass is 32.2. The number of rotatable bonds is 6. The number of thioether (sulfide) groups is 1. The molecule has 3 N–H and O–H groups in total. The monoisotopic (exact) mass is 410 g/mol. The van der Waals surface area contributed by atoms with E-state index in [9.17, 15) is 14.4 Å². The van der Waals surface area contributed by atoms with E-state index in [1.54, 1.807) is 13.8 Å². The third kappa shape index (κ3) is 4.75. The fourth-order valence-corrected chi connectivity index (χ4v) is 4.90. The zero-order valence-corrected chi connectivity index (χ0v) is 17.4. The normalized spacial score (nSPS) is 12.2. The Morgan fingerprint density at radius 3 is 2.48 bits per heavy atom. The van der Waals surface area contributed by atoms with Crippen LogP contribution in [0.1, 0.15) is 41.8 Å². The Kier molecular flexibility index (Phi) is 6.77. The van der Waals surface area contributed by atoms with E-state index in [0.29, 0.717) is 26.1 Å². The zero-order valence-electron chi connectivity index (χ0n) is 15.8. The van der Waals surface area contributed by atoms with Gasteiger partial charge in [0.25, 0.3) is 0 Å². The molecule has 0 aliphatic heterocycles. The van der Waals surface area contributed by atoms with Gasteiger partial charge in [-0.3, -0.25) is 10.1 Å². The molecule has 0 saturated carbocycles. The topological polar surface area (TPSA) is 124 Å². The van der Waals surface area contributed by atoms with Crippen LogP contribution in [0.2, 0.25) is 0 Å². The van der Waals surface area contributed by atoms with Crippen molar-refractivity contribution in [1.82, 2.24) is 15.3 Å². The number of aromatic nitrogens is 2. The number of nitrogens with two attached hydrogens (primary N) is 1. The van der Waals surface area contributed by atoms with E-state index in [2.05, 4.69) is 15.3 Å². The number of aryl methyl sites for hydroxylation is 2. The number of nitrogens with one attached hydrogen (secondary N) is 1. The second kappa shape index (κ2) is 8.66. The second-order valence-electron chi connectivity index (χ2n) is 6.17. The Balaban J connectivity index is 2.52. The predicted molar refractivity (Wildman–Crippen MR) is 105 cm³/mol. The summed E-state index contributed by atoms with van der Waals surface area (Å²) in [6, 6.07) is -0.897. The molecule has 2 aromatic heterocycles. The van der Waals surface area contributed by atoms with Crippen molar-refractivity contribution in [3.63, 3.8) is 0 Å². The van der Waals surface area contributed by atoms with Crippen LogP contribution < -0.4 is 11.1 Å². The van der Waals surface area contributed by atoms with E-state index >= 15 is 0 Å². The first-order valence-electron chi connectivity index (χ1n) is 8.37. The number of ether oxygens (including phenoxy) is 1. The van der Waals surface area contributed by atoms with Crippen molar-refractivity contribution < 1.29 is 19.1 Å². The van der Waals surface area contributed by atoms with E-state index in [-0.39, 0.29) is 12.5 Å². The summed E-state index contributed by atoms with van der Waals surface area (Å²) in [5, 5.41) is 2.85. The van der Waals surface area contributed by atoms with Crippen molar-refractivity contribution in [3.05, 3.63) is 16.3 Å². The minimum absolute atomic E-state index is 0.0804. The number of carbonyl (C=O) groups excluding carboxylic acids is 3. The Morgan fingerprint density at radius 2 is 1.93 bits per heavy atom. The first kappa shape index (κ1) is 21.1. The molecule has 0 unspecified atom stereocenters. The number of amides is 3. The SMILES string of the molecule is CCOC(=O)c1sc2nc(C)nc(S[C@H](C(=O)NC(N)=O)C(C)C)c2c1C. The van der Waals surface area contributed by atoms with Crippen LogP contribution >= 0.6 is 23.1 Å². The number of thiophene rings is 1. The molecule has 146 valence electrons. The number of esters is 1. The van der Waals surface area contributed by atoms with Crippen LogP contribution in [0.4, 0.5) is 4.79 Å². The lowest BCUT2D eigenvalue weighted by molar-refractivity contribution is -0.120. The van der Waals surface area contributed by atoms with Crippen molar-refractivity contribution in [1.29, 1.82) is 0 Å². The lowest BCUT2D eigenvalue weighted by Gasteiger charge is -2.19. The molecule has 2 heterocycles. The number of hydrogen-bond donors (Lipinski definition) is 2. The van der Waals surface area contributed by atoms with Crippen molar-refractivity contribution in [3.8, 4) is 0 Å². The summed E-state index contributed by atoms with van der Waals surface area (Å²) in [5.74, 6) is -0.438. The van der Waals surface area contributed by atoms with Crippen LogP contribution in [0.15, 0.2) is 5.03 Å². The van der Waals surface area contributed by atoms with Gasteiger partial charge in [-0.1, -0.05) is 25.6 Å². The lowest BCUT2D eigenvalue weighted by atomic mass is 10.1. The highest BCUT2D eigenvalue weighted by molar-refractivity contribution is 8.00. The number of carbonyl (C=O) groups is 3. The Bertz CT molecular complexity index is 895. The molecule has 0 radical (unpaired) electrons. The minimum Gasteiger partial charge on any atom is -0.462 e. The summed E-state index contributed by atoms with van der Waals surface area (Å²) in [4.78, 5) is 45.6. The minimum atomic E-state index is -0.897. The van der Waals surface area contributed by atoms with Gasteiger partial charge in [0.15, 0.2) is 0 Å². The molecule has 10 heteroatoms. The van der Waals surface area contributed by atoms with E-state index < -0.39 is 23.2 Å². The van der Waals surface area contributed by atoms with Crippen LogP contribution in [0.3, 0.4) is 0 Å². The van der Waals surface area contributed by atoms with E-state index in [1.165, 1.54) is 23.1 Å². The number of urea groups is 1. The maximum absolute atomic E-state index is 12.4. The van der Waals surface area contributed by atoms with Crippen molar-refractivity contribution in [2.24, 2.45) is 11.7 Å². The molecular formula is C17H22N4O4S2. The third-order valence-corrected chi connectivity index (χ3v) is 6.38. The van der Waals surface area contributed by atoms with E-state index in [4.69, 9.17) is 10.5 Å². The third-order valence-electron chi connectivity index (χ3n) is 3.68. The number of hydrogen-bond acceptors (Lipinski definition) is 8. The summed E-state index contributed by atoms with van der Waals surface area (Å²) >= 11 is 2.47. The van der Waals surface area contributed by atoms with Crippen LogP contribution in [0.5, 0.6) is 0 Å². The van der Waals surface area contributed by atoms with Gasteiger partial charge in [-0.2, -0.15) is 0 Å². The molecule has 0 saturated heterocycles. The lowest BCUT2D eigenvalue weighted by Crippen LogP contribution is -2.42. The highest BCUT2D eigenvalue weighted by Gasteiger charge is 2.28. The molecule has 27 heavy (non-hydrogen) atoms. The molecule has 0 fully saturated rings. The Labute approximate surface area is 165 Å². The van der Waals surface area contributed by atoms with Gasteiger partial charge in [-0.15, -0.1) is 11.3 Å². The van der Waals surface area contributed by atoms with E-state index in [0.717, 1.165) is 5.39 Å². The molecule has 1 atom stereocenters. The molecule has 0 aliphatic rings. The molecule has 2 rings (SSSR count). The maximum Gasteiger partial charge on any atom is 0.348 e. The molecule has 8 nitrogen and oxygen atoms in total. The average Bonchev–Trinajstić information content (AvgIpc) is 2.88. The van der Waals surface area contributed by atoms with Gasteiger partial charge in [0.1, 0.15) is 20.6 Å².